The monoisotopic (exact) mass is 273 g/mol. The number of hydrogen-bond acceptors (Lipinski definition) is 3. The summed E-state index contributed by atoms with van der Waals surface area (Å²) in [5, 5.41) is 3.73. The van der Waals surface area contributed by atoms with E-state index in [2.05, 4.69) is 29.4 Å². The van der Waals surface area contributed by atoms with Crippen molar-refractivity contribution < 1.29 is 0 Å². The third-order valence-electron chi connectivity index (χ3n) is 5.05. The quantitative estimate of drug-likeness (QED) is 0.811. The molecule has 0 radical (unpaired) electrons. The zero-order valence-corrected chi connectivity index (χ0v) is 12.6. The molecule has 3 rings (SSSR count). The molecule has 3 heteroatoms. The molecule has 3 N–H and O–H groups in total. The molecule has 1 fully saturated rings. The van der Waals surface area contributed by atoms with Crippen LogP contribution >= 0.6 is 0 Å². The lowest BCUT2D eigenvalue weighted by atomic mass is 10.1. The fourth-order valence-electron chi connectivity index (χ4n) is 3.79. The van der Waals surface area contributed by atoms with Crippen LogP contribution in [0.4, 0.5) is 5.69 Å². The summed E-state index contributed by atoms with van der Waals surface area (Å²) in [6.45, 7) is 2.24. The normalized spacial score (nSPS) is 22.6. The molecule has 0 aromatic heterocycles. The van der Waals surface area contributed by atoms with Crippen LogP contribution in [0.2, 0.25) is 0 Å². The minimum atomic E-state index is 0.530. The lowest BCUT2D eigenvalue weighted by molar-refractivity contribution is 0.242. The Balaban J connectivity index is 1.48. The molecular formula is C17H27N3. The van der Waals surface area contributed by atoms with Gasteiger partial charge in [-0.25, -0.2) is 0 Å². The largest absolute Gasteiger partial charge is 0.399 e. The number of nitrogen functional groups attached to an aromatic ring is 1. The Morgan fingerprint density at radius 1 is 1.25 bits per heavy atom. The maximum atomic E-state index is 5.86. The number of rotatable bonds is 5. The Hall–Kier alpha value is -1.06. The Morgan fingerprint density at radius 2 is 2.05 bits per heavy atom. The predicted molar refractivity (Wildman–Crippen MR) is 84.8 cm³/mol. The van der Waals surface area contributed by atoms with Crippen LogP contribution in [0.15, 0.2) is 18.2 Å². The van der Waals surface area contributed by atoms with Crippen molar-refractivity contribution in [3.63, 3.8) is 0 Å². The Morgan fingerprint density at radius 3 is 2.85 bits per heavy atom. The van der Waals surface area contributed by atoms with E-state index in [1.165, 1.54) is 43.2 Å². The average Bonchev–Trinajstić information content (AvgIpc) is 3.08. The zero-order valence-electron chi connectivity index (χ0n) is 12.6. The topological polar surface area (TPSA) is 41.3 Å². The van der Waals surface area contributed by atoms with E-state index < -0.39 is 0 Å². The van der Waals surface area contributed by atoms with Gasteiger partial charge >= 0.3 is 0 Å². The highest BCUT2D eigenvalue weighted by molar-refractivity contribution is 5.47. The molecule has 2 aliphatic rings. The molecule has 0 heterocycles. The van der Waals surface area contributed by atoms with Crippen molar-refractivity contribution in [2.75, 3.05) is 25.9 Å². The zero-order chi connectivity index (χ0) is 13.9. The van der Waals surface area contributed by atoms with Crippen molar-refractivity contribution in [2.45, 2.75) is 50.6 Å². The van der Waals surface area contributed by atoms with Gasteiger partial charge in [-0.15, -0.1) is 0 Å². The summed E-state index contributed by atoms with van der Waals surface area (Å²) >= 11 is 0. The molecular weight excluding hydrogens is 246 g/mol. The van der Waals surface area contributed by atoms with Crippen LogP contribution in [0.25, 0.3) is 0 Å². The molecule has 20 heavy (non-hydrogen) atoms. The summed E-state index contributed by atoms with van der Waals surface area (Å²) in [7, 11) is 2.28. The summed E-state index contributed by atoms with van der Waals surface area (Å²) < 4.78 is 0. The van der Waals surface area contributed by atoms with Gasteiger partial charge in [-0.05, 0) is 56.0 Å². The first-order valence-electron chi connectivity index (χ1n) is 8.06. The van der Waals surface area contributed by atoms with Crippen molar-refractivity contribution >= 4 is 5.69 Å². The van der Waals surface area contributed by atoms with E-state index in [0.29, 0.717) is 6.04 Å². The molecule has 0 spiro atoms. The first kappa shape index (κ1) is 13.9. The van der Waals surface area contributed by atoms with Crippen LogP contribution in [0.1, 0.15) is 49.3 Å². The summed E-state index contributed by atoms with van der Waals surface area (Å²) in [4.78, 5) is 2.54. The van der Waals surface area contributed by atoms with Gasteiger partial charge in [0.25, 0.3) is 0 Å². The standard InChI is InChI=1S/C17H27N3/c1-20(15-4-2-3-5-15)11-10-19-17-9-6-13-12-14(18)7-8-16(13)17/h7-8,12,15,17,19H,2-6,9-11,18H2,1H3. The Bertz CT molecular complexity index is 452. The van der Waals surface area contributed by atoms with E-state index in [1.807, 2.05) is 6.07 Å². The van der Waals surface area contributed by atoms with Crippen molar-refractivity contribution in [1.82, 2.24) is 10.2 Å². The number of nitrogens with zero attached hydrogens (tertiary/aromatic N) is 1. The third kappa shape index (κ3) is 2.99. The maximum absolute atomic E-state index is 5.86. The minimum Gasteiger partial charge on any atom is -0.399 e. The molecule has 1 aromatic carbocycles. The summed E-state index contributed by atoms with van der Waals surface area (Å²) in [5.74, 6) is 0. The van der Waals surface area contributed by atoms with Crippen LogP contribution in [0.3, 0.4) is 0 Å². The number of aryl methyl sites for hydroxylation is 1. The molecule has 1 saturated carbocycles. The molecule has 0 saturated heterocycles. The number of likely N-dealkylation sites (N-methyl/N-ethyl adjacent to an activating group) is 1. The molecule has 0 aliphatic heterocycles. The SMILES string of the molecule is CN(CCNC1CCc2cc(N)ccc21)C1CCCC1. The second-order valence-corrected chi connectivity index (χ2v) is 6.42. The van der Waals surface area contributed by atoms with E-state index in [-0.39, 0.29) is 0 Å². The highest BCUT2D eigenvalue weighted by atomic mass is 15.1. The molecule has 1 unspecified atom stereocenters. The first-order valence-corrected chi connectivity index (χ1v) is 8.06. The van der Waals surface area contributed by atoms with E-state index in [9.17, 15) is 0 Å². The first-order chi connectivity index (χ1) is 9.74. The van der Waals surface area contributed by atoms with Crippen molar-refractivity contribution in [2.24, 2.45) is 0 Å². The van der Waals surface area contributed by atoms with Crippen LogP contribution < -0.4 is 11.1 Å². The van der Waals surface area contributed by atoms with Crippen molar-refractivity contribution in [1.29, 1.82) is 0 Å². The van der Waals surface area contributed by atoms with Gasteiger partial charge in [0.1, 0.15) is 0 Å². The second-order valence-electron chi connectivity index (χ2n) is 6.42. The van der Waals surface area contributed by atoms with Gasteiger partial charge in [-0.1, -0.05) is 18.9 Å². The number of nitrogens with two attached hydrogens (primary N) is 1. The van der Waals surface area contributed by atoms with Crippen LogP contribution in [-0.4, -0.2) is 31.1 Å². The van der Waals surface area contributed by atoms with E-state index in [0.717, 1.165) is 31.2 Å². The Kier molecular flexibility index (Phi) is 4.27. The van der Waals surface area contributed by atoms with Crippen LogP contribution in [0, 0.1) is 0 Å². The number of anilines is 1. The van der Waals surface area contributed by atoms with E-state index >= 15 is 0 Å². The van der Waals surface area contributed by atoms with Crippen molar-refractivity contribution in [3.05, 3.63) is 29.3 Å². The summed E-state index contributed by atoms with van der Waals surface area (Å²) in [6, 6.07) is 7.73. The molecule has 0 amide bonds. The summed E-state index contributed by atoms with van der Waals surface area (Å²) in [5.41, 5.74) is 9.65. The molecule has 1 aromatic rings. The van der Waals surface area contributed by atoms with Crippen LogP contribution in [-0.2, 0) is 6.42 Å². The molecule has 2 aliphatic carbocycles. The van der Waals surface area contributed by atoms with Gasteiger partial charge in [0, 0.05) is 30.9 Å². The Labute approximate surface area is 122 Å². The minimum absolute atomic E-state index is 0.530. The third-order valence-corrected chi connectivity index (χ3v) is 5.05. The number of benzene rings is 1. The second kappa shape index (κ2) is 6.15. The highest BCUT2D eigenvalue weighted by Crippen LogP contribution is 2.32. The molecule has 3 nitrogen and oxygen atoms in total. The lowest BCUT2D eigenvalue weighted by Crippen LogP contribution is -2.36. The van der Waals surface area contributed by atoms with E-state index in [1.54, 1.807) is 0 Å². The van der Waals surface area contributed by atoms with Gasteiger partial charge < -0.3 is 16.0 Å². The van der Waals surface area contributed by atoms with E-state index in [4.69, 9.17) is 5.73 Å². The number of fused-ring (bicyclic) bond motifs is 1. The van der Waals surface area contributed by atoms with Crippen molar-refractivity contribution in [3.8, 4) is 0 Å². The van der Waals surface area contributed by atoms with Crippen LogP contribution in [0.5, 0.6) is 0 Å². The van der Waals surface area contributed by atoms with Gasteiger partial charge in [-0.3, -0.25) is 0 Å². The fraction of sp³-hybridized carbons (Fsp3) is 0.647. The lowest BCUT2D eigenvalue weighted by Gasteiger charge is -2.25. The molecule has 110 valence electrons. The number of hydrogen-bond donors (Lipinski definition) is 2. The molecule has 1 atom stereocenters. The van der Waals surface area contributed by atoms with Gasteiger partial charge in [0.2, 0.25) is 0 Å². The van der Waals surface area contributed by atoms with Gasteiger partial charge in [0.15, 0.2) is 0 Å². The highest BCUT2D eigenvalue weighted by Gasteiger charge is 2.23. The maximum Gasteiger partial charge on any atom is 0.0326 e. The molecule has 0 bridgehead atoms. The van der Waals surface area contributed by atoms with Gasteiger partial charge in [0.05, 0.1) is 0 Å². The number of nitrogens with one attached hydrogen (secondary N) is 1. The average molecular weight is 273 g/mol. The predicted octanol–water partition coefficient (Wildman–Crippen LogP) is 2.72. The summed E-state index contributed by atoms with van der Waals surface area (Å²) in [6.07, 6.45) is 7.99. The van der Waals surface area contributed by atoms with Gasteiger partial charge in [-0.2, -0.15) is 0 Å². The smallest absolute Gasteiger partial charge is 0.0326 e. The fourth-order valence-corrected chi connectivity index (χ4v) is 3.79.